The SMILES string of the molecule is Cc1cc(N2CCCOCC2c2cc3c(cc2Cl)OCO3)nc(N)n1. The first-order valence-corrected chi connectivity index (χ1v) is 8.54. The predicted molar refractivity (Wildman–Crippen MR) is 94.3 cm³/mol. The Balaban J connectivity index is 1.77. The number of benzene rings is 1. The van der Waals surface area contributed by atoms with E-state index in [9.17, 15) is 0 Å². The van der Waals surface area contributed by atoms with Crippen molar-refractivity contribution in [1.29, 1.82) is 0 Å². The van der Waals surface area contributed by atoms with Crippen molar-refractivity contribution in [3.05, 3.63) is 34.5 Å². The molecule has 0 spiro atoms. The summed E-state index contributed by atoms with van der Waals surface area (Å²) >= 11 is 6.53. The molecule has 7 nitrogen and oxygen atoms in total. The van der Waals surface area contributed by atoms with E-state index in [2.05, 4.69) is 14.9 Å². The van der Waals surface area contributed by atoms with Crippen LogP contribution in [0, 0.1) is 6.92 Å². The highest BCUT2D eigenvalue weighted by Crippen LogP contribution is 2.41. The van der Waals surface area contributed by atoms with Crippen molar-refractivity contribution in [3.63, 3.8) is 0 Å². The zero-order chi connectivity index (χ0) is 17.4. The summed E-state index contributed by atoms with van der Waals surface area (Å²) in [5, 5.41) is 0.614. The van der Waals surface area contributed by atoms with Crippen LogP contribution in [0.15, 0.2) is 18.2 Å². The number of halogens is 1. The second-order valence-electron chi connectivity index (χ2n) is 6.09. The summed E-state index contributed by atoms with van der Waals surface area (Å²) < 4.78 is 16.7. The standard InChI is InChI=1S/C17H19ClN4O3/c1-10-5-16(21-17(19)20-10)22-3-2-4-23-8-13(22)11-6-14-15(7-12(11)18)25-9-24-14/h5-7,13H,2-4,8-9H2,1H3,(H2,19,20,21). The summed E-state index contributed by atoms with van der Waals surface area (Å²) in [6, 6.07) is 5.55. The van der Waals surface area contributed by atoms with Crippen LogP contribution in [0.25, 0.3) is 0 Å². The van der Waals surface area contributed by atoms with Crippen LogP contribution in [0.4, 0.5) is 11.8 Å². The average Bonchev–Trinajstić information content (AvgIpc) is 2.87. The van der Waals surface area contributed by atoms with E-state index in [1.54, 1.807) is 6.07 Å². The lowest BCUT2D eigenvalue weighted by atomic mass is 10.0. The largest absolute Gasteiger partial charge is 0.454 e. The van der Waals surface area contributed by atoms with Gasteiger partial charge in [-0.1, -0.05) is 11.6 Å². The van der Waals surface area contributed by atoms with E-state index in [0.717, 1.165) is 30.0 Å². The van der Waals surface area contributed by atoms with Gasteiger partial charge >= 0.3 is 0 Å². The molecule has 1 saturated heterocycles. The molecular weight excluding hydrogens is 344 g/mol. The molecule has 1 atom stereocenters. The minimum atomic E-state index is -0.0989. The maximum Gasteiger partial charge on any atom is 0.231 e. The number of hydrogen-bond donors (Lipinski definition) is 1. The van der Waals surface area contributed by atoms with Gasteiger partial charge in [-0.05, 0) is 25.0 Å². The van der Waals surface area contributed by atoms with E-state index in [-0.39, 0.29) is 18.8 Å². The molecular formula is C17H19ClN4O3. The zero-order valence-electron chi connectivity index (χ0n) is 13.9. The fourth-order valence-corrected chi connectivity index (χ4v) is 3.50. The molecule has 1 aromatic carbocycles. The Morgan fingerprint density at radius 3 is 2.80 bits per heavy atom. The Bertz CT molecular complexity index is 781. The fraction of sp³-hybridized carbons (Fsp3) is 0.412. The smallest absolute Gasteiger partial charge is 0.231 e. The van der Waals surface area contributed by atoms with Crippen LogP contribution in [0.1, 0.15) is 23.7 Å². The lowest BCUT2D eigenvalue weighted by Gasteiger charge is -2.31. The van der Waals surface area contributed by atoms with Crippen molar-refractivity contribution in [2.45, 2.75) is 19.4 Å². The molecule has 2 aliphatic heterocycles. The Kier molecular flexibility index (Phi) is 4.27. The van der Waals surface area contributed by atoms with Crippen molar-refractivity contribution < 1.29 is 14.2 Å². The minimum Gasteiger partial charge on any atom is -0.454 e. The molecule has 1 fully saturated rings. The zero-order valence-corrected chi connectivity index (χ0v) is 14.6. The Morgan fingerprint density at radius 2 is 2.00 bits per heavy atom. The van der Waals surface area contributed by atoms with Crippen molar-refractivity contribution in [1.82, 2.24) is 9.97 Å². The van der Waals surface area contributed by atoms with Gasteiger partial charge in [-0.25, -0.2) is 4.98 Å². The lowest BCUT2D eigenvalue weighted by Crippen LogP contribution is -2.32. The fourth-order valence-electron chi connectivity index (χ4n) is 3.22. The molecule has 1 aromatic heterocycles. The first kappa shape index (κ1) is 16.2. The summed E-state index contributed by atoms with van der Waals surface area (Å²) in [5.41, 5.74) is 7.59. The van der Waals surface area contributed by atoms with Crippen LogP contribution >= 0.6 is 11.6 Å². The first-order valence-electron chi connectivity index (χ1n) is 8.16. The van der Waals surface area contributed by atoms with E-state index < -0.39 is 0 Å². The number of nitrogens with two attached hydrogens (primary N) is 1. The number of ether oxygens (including phenoxy) is 3. The number of hydrogen-bond acceptors (Lipinski definition) is 7. The van der Waals surface area contributed by atoms with E-state index >= 15 is 0 Å². The summed E-state index contributed by atoms with van der Waals surface area (Å²) in [6.45, 7) is 4.09. The molecule has 0 radical (unpaired) electrons. The van der Waals surface area contributed by atoms with Gasteiger partial charge in [0.1, 0.15) is 5.82 Å². The molecule has 8 heteroatoms. The monoisotopic (exact) mass is 362 g/mol. The average molecular weight is 363 g/mol. The van der Waals surface area contributed by atoms with Crippen molar-refractivity contribution in [2.24, 2.45) is 0 Å². The van der Waals surface area contributed by atoms with Gasteiger partial charge < -0.3 is 24.8 Å². The molecule has 2 N–H and O–H groups in total. The predicted octanol–water partition coefficient (Wildman–Crippen LogP) is 2.72. The second-order valence-corrected chi connectivity index (χ2v) is 6.50. The van der Waals surface area contributed by atoms with Crippen molar-refractivity contribution in [2.75, 3.05) is 37.2 Å². The van der Waals surface area contributed by atoms with Crippen LogP contribution in [0.5, 0.6) is 11.5 Å². The quantitative estimate of drug-likeness (QED) is 0.879. The van der Waals surface area contributed by atoms with Gasteiger partial charge in [0.2, 0.25) is 12.7 Å². The third-order valence-electron chi connectivity index (χ3n) is 4.34. The van der Waals surface area contributed by atoms with Gasteiger partial charge in [0.15, 0.2) is 11.5 Å². The summed E-state index contributed by atoms with van der Waals surface area (Å²) in [4.78, 5) is 10.7. The number of anilines is 2. The Morgan fingerprint density at radius 1 is 1.20 bits per heavy atom. The number of fused-ring (bicyclic) bond motifs is 1. The lowest BCUT2D eigenvalue weighted by molar-refractivity contribution is 0.134. The van der Waals surface area contributed by atoms with E-state index in [1.807, 2.05) is 19.1 Å². The maximum atomic E-state index is 6.53. The molecule has 2 aliphatic rings. The number of rotatable bonds is 2. The Hall–Kier alpha value is -2.25. The van der Waals surface area contributed by atoms with Gasteiger partial charge in [-0.2, -0.15) is 4.98 Å². The van der Waals surface area contributed by atoms with Gasteiger partial charge in [-0.3, -0.25) is 0 Å². The maximum absolute atomic E-state index is 6.53. The molecule has 4 rings (SSSR count). The molecule has 25 heavy (non-hydrogen) atoms. The molecule has 1 unspecified atom stereocenters. The third-order valence-corrected chi connectivity index (χ3v) is 4.67. The van der Waals surface area contributed by atoms with Crippen molar-refractivity contribution in [3.8, 4) is 11.5 Å². The van der Waals surface area contributed by atoms with Crippen LogP contribution in [0.3, 0.4) is 0 Å². The highest BCUT2D eigenvalue weighted by atomic mass is 35.5. The number of nitrogens with zero attached hydrogens (tertiary/aromatic N) is 3. The van der Waals surface area contributed by atoms with Crippen LogP contribution < -0.4 is 20.1 Å². The van der Waals surface area contributed by atoms with Gasteiger partial charge in [-0.15, -0.1) is 0 Å². The second kappa shape index (κ2) is 6.57. The van der Waals surface area contributed by atoms with E-state index in [1.165, 1.54) is 0 Å². The summed E-state index contributed by atoms with van der Waals surface area (Å²) in [6.07, 6.45) is 0.891. The Labute approximate surface area is 150 Å². The molecule has 0 saturated carbocycles. The minimum absolute atomic E-state index is 0.0989. The number of nitrogen functional groups attached to an aromatic ring is 1. The van der Waals surface area contributed by atoms with Crippen LogP contribution in [0.2, 0.25) is 5.02 Å². The van der Waals surface area contributed by atoms with Crippen LogP contribution in [-0.2, 0) is 4.74 Å². The van der Waals surface area contributed by atoms with Crippen LogP contribution in [-0.4, -0.2) is 36.5 Å². The highest BCUT2D eigenvalue weighted by molar-refractivity contribution is 6.31. The molecule has 0 aliphatic carbocycles. The van der Waals surface area contributed by atoms with Gasteiger partial charge in [0.05, 0.1) is 12.6 Å². The normalized spacial score (nSPS) is 19.8. The summed E-state index contributed by atoms with van der Waals surface area (Å²) in [7, 11) is 0. The molecule has 2 aromatic rings. The van der Waals surface area contributed by atoms with E-state index in [4.69, 9.17) is 31.5 Å². The molecule has 0 amide bonds. The van der Waals surface area contributed by atoms with Gasteiger partial charge in [0.25, 0.3) is 0 Å². The molecule has 132 valence electrons. The van der Waals surface area contributed by atoms with Gasteiger partial charge in [0, 0.05) is 36.0 Å². The van der Waals surface area contributed by atoms with E-state index in [0.29, 0.717) is 29.7 Å². The first-order chi connectivity index (χ1) is 12.1. The topological polar surface area (TPSA) is 82.7 Å². The molecule has 3 heterocycles. The number of aryl methyl sites for hydroxylation is 1. The number of aromatic nitrogens is 2. The summed E-state index contributed by atoms with van der Waals surface area (Å²) in [5.74, 6) is 2.39. The van der Waals surface area contributed by atoms with Crippen molar-refractivity contribution >= 4 is 23.4 Å². The molecule has 0 bridgehead atoms. The third kappa shape index (κ3) is 3.17. The highest BCUT2D eigenvalue weighted by Gasteiger charge is 2.29.